The maximum atomic E-state index is 8.39. The van der Waals surface area contributed by atoms with Gasteiger partial charge in [0.05, 0.1) is 17.1 Å². The van der Waals surface area contributed by atoms with E-state index in [0.29, 0.717) is 6.42 Å². The van der Waals surface area contributed by atoms with Crippen molar-refractivity contribution in [2.24, 2.45) is 0 Å². The SMILES string of the molecule is CC(O)CCO.COn1c2ccc1cc2. The number of nitrogens with zero attached hydrogens (tertiary/aromatic N) is 1. The van der Waals surface area contributed by atoms with Gasteiger partial charge in [0.1, 0.15) is 7.11 Å². The fourth-order valence-corrected chi connectivity index (χ4v) is 1.27. The molecule has 2 aromatic heterocycles. The van der Waals surface area contributed by atoms with E-state index in [9.17, 15) is 0 Å². The molecular weight excluding hydrogens is 194 g/mol. The monoisotopic (exact) mass is 211 g/mol. The highest BCUT2D eigenvalue weighted by Gasteiger charge is 2.00. The van der Waals surface area contributed by atoms with Crippen LogP contribution in [0.5, 0.6) is 0 Å². The number of hydrogen-bond acceptors (Lipinski definition) is 3. The highest BCUT2D eigenvalue weighted by atomic mass is 16.6. The Kier molecular flexibility index (Phi) is 4.39. The highest BCUT2D eigenvalue weighted by Crippen LogP contribution is 2.13. The summed E-state index contributed by atoms with van der Waals surface area (Å²) < 4.78 is 1.79. The van der Waals surface area contributed by atoms with Gasteiger partial charge in [-0.05, 0) is 37.6 Å². The molecule has 4 heteroatoms. The Morgan fingerprint density at radius 2 is 1.73 bits per heavy atom. The third-order valence-electron chi connectivity index (χ3n) is 2.05. The summed E-state index contributed by atoms with van der Waals surface area (Å²) in [6.07, 6.45) is 0.134. The second-order valence-corrected chi connectivity index (χ2v) is 3.35. The van der Waals surface area contributed by atoms with E-state index in [2.05, 4.69) is 0 Å². The number of aromatic nitrogens is 1. The number of aliphatic hydroxyl groups is 2. The van der Waals surface area contributed by atoms with Gasteiger partial charge in [-0.3, -0.25) is 0 Å². The van der Waals surface area contributed by atoms with E-state index in [0.717, 1.165) is 11.0 Å². The van der Waals surface area contributed by atoms with E-state index in [4.69, 9.17) is 15.1 Å². The number of benzene rings is 1. The van der Waals surface area contributed by atoms with Gasteiger partial charge in [0.25, 0.3) is 0 Å². The van der Waals surface area contributed by atoms with Crippen LogP contribution in [-0.4, -0.2) is 34.8 Å². The lowest BCUT2D eigenvalue weighted by atomic mass is 10.3. The number of rotatable bonds is 3. The van der Waals surface area contributed by atoms with Gasteiger partial charge in [0.2, 0.25) is 0 Å². The molecular formula is C11H17NO3. The molecule has 4 nitrogen and oxygen atoms in total. The minimum absolute atomic E-state index is 0.0810. The van der Waals surface area contributed by atoms with Gasteiger partial charge in [0.15, 0.2) is 0 Å². The summed E-state index contributed by atoms with van der Waals surface area (Å²) in [4.78, 5) is 5.03. The molecule has 84 valence electrons. The Bertz CT molecular complexity index is 322. The van der Waals surface area contributed by atoms with Crippen LogP contribution < -0.4 is 4.84 Å². The minimum atomic E-state index is -0.352. The maximum Gasteiger partial charge on any atom is 0.104 e. The molecule has 2 heterocycles. The molecule has 0 amide bonds. The molecule has 0 spiro atoms. The zero-order valence-corrected chi connectivity index (χ0v) is 9.05. The molecule has 2 rings (SSSR count). The third-order valence-corrected chi connectivity index (χ3v) is 2.05. The largest absolute Gasteiger partial charge is 0.417 e. The summed E-state index contributed by atoms with van der Waals surface area (Å²) in [5.41, 5.74) is 2.24. The second-order valence-electron chi connectivity index (χ2n) is 3.35. The van der Waals surface area contributed by atoms with E-state index in [1.165, 1.54) is 0 Å². The average Bonchev–Trinajstić information content (AvgIpc) is 2.76. The summed E-state index contributed by atoms with van der Waals surface area (Å²) in [5.74, 6) is 0. The van der Waals surface area contributed by atoms with Crippen LogP contribution in [0.3, 0.4) is 0 Å². The van der Waals surface area contributed by atoms with Crippen LogP contribution in [0.1, 0.15) is 13.3 Å². The molecule has 0 saturated carbocycles. The zero-order valence-electron chi connectivity index (χ0n) is 9.05. The van der Waals surface area contributed by atoms with Crippen molar-refractivity contribution in [3.05, 3.63) is 24.3 Å². The van der Waals surface area contributed by atoms with Crippen molar-refractivity contribution in [3.8, 4) is 0 Å². The molecule has 15 heavy (non-hydrogen) atoms. The van der Waals surface area contributed by atoms with Crippen molar-refractivity contribution in [2.75, 3.05) is 13.7 Å². The molecule has 1 atom stereocenters. The van der Waals surface area contributed by atoms with Crippen LogP contribution in [0.2, 0.25) is 0 Å². The maximum absolute atomic E-state index is 8.39. The fourth-order valence-electron chi connectivity index (χ4n) is 1.27. The van der Waals surface area contributed by atoms with Crippen molar-refractivity contribution in [1.82, 2.24) is 4.73 Å². The van der Waals surface area contributed by atoms with Crippen molar-refractivity contribution in [1.29, 1.82) is 0 Å². The quantitative estimate of drug-likeness (QED) is 0.792. The summed E-state index contributed by atoms with van der Waals surface area (Å²) in [7, 11) is 1.67. The molecule has 2 N–H and O–H groups in total. The Labute approximate surface area is 89.0 Å². The van der Waals surface area contributed by atoms with E-state index in [1.54, 1.807) is 18.8 Å². The number of aliphatic hydroxyl groups excluding tert-OH is 2. The zero-order chi connectivity index (χ0) is 11.3. The first-order valence-electron chi connectivity index (χ1n) is 4.92. The van der Waals surface area contributed by atoms with Crippen molar-refractivity contribution in [3.63, 3.8) is 0 Å². The lowest BCUT2D eigenvalue weighted by molar-refractivity contribution is 0.148. The van der Waals surface area contributed by atoms with Gasteiger partial charge < -0.3 is 15.1 Å². The molecule has 0 radical (unpaired) electrons. The van der Waals surface area contributed by atoms with E-state index >= 15 is 0 Å². The number of fused-ring (bicyclic) bond motifs is 2. The standard InChI is InChI=1S/C7H7NO.C4H10O2/c1-9-8-6-2-3-7(8)5-4-6;1-4(6)2-3-5/h2-5H,1H3;4-6H,2-3H2,1H3. The normalized spacial score (nSPS) is 12.3. The molecule has 1 unspecified atom stereocenters. The van der Waals surface area contributed by atoms with Crippen molar-refractivity contribution >= 4 is 11.0 Å². The molecule has 2 bridgehead atoms. The smallest absolute Gasteiger partial charge is 0.104 e. The van der Waals surface area contributed by atoms with Crippen LogP contribution in [0.4, 0.5) is 0 Å². The van der Waals surface area contributed by atoms with Crippen molar-refractivity contribution < 1.29 is 15.1 Å². The van der Waals surface area contributed by atoms with Crippen LogP contribution >= 0.6 is 0 Å². The molecule has 0 aromatic carbocycles. The van der Waals surface area contributed by atoms with E-state index in [-0.39, 0.29) is 12.7 Å². The Balaban J connectivity index is 0.000000167. The molecule has 0 aliphatic heterocycles. The van der Waals surface area contributed by atoms with Gasteiger partial charge >= 0.3 is 0 Å². The van der Waals surface area contributed by atoms with Gasteiger partial charge in [-0.15, -0.1) is 0 Å². The molecule has 0 saturated heterocycles. The summed E-state index contributed by atoms with van der Waals surface area (Å²) >= 11 is 0. The van der Waals surface area contributed by atoms with E-state index in [1.807, 2.05) is 24.3 Å². The third kappa shape index (κ3) is 3.11. The lowest BCUT2D eigenvalue weighted by Gasteiger charge is -1.97. The summed E-state index contributed by atoms with van der Waals surface area (Å²) in [5, 5.41) is 16.5. The van der Waals surface area contributed by atoms with Crippen LogP contribution in [0.25, 0.3) is 11.0 Å². The van der Waals surface area contributed by atoms with Gasteiger partial charge in [0, 0.05) is 6.61 Å². The first-order valence-corrected chi connectivity index (χ1v) is 4.92. The van der Waals surface area contributed by atoms with E-state index < -0.39 is 0 Å². The second kappa shape index (κ2) is 5.58. The number of hydrogen-bond donors (Lipinski definition) is 2. The topological polar surface area (TPSA) is 54.6 Å². The first kappa shape index (κ1) is 11.8. The highest BCUT2D eigenvalue weighted by molar-refractivity contribution is 5.66. The van der Waals surface area contributed by atoms with Gasteiger partial charge in [-0.1, -0.05) is 0 Å². The molecule has 0 aliphatic carbocycles. The van der Waals surface area contributed by atoms with Gasteiger partial charge in [-0.2, -0.15) is 4.73 Å². The Morgan fingerprint density at radius 3 is 1.87 bits per heavy atom. The minimum Gasteiger partial charge on any atom is -0.417 e. The Morgan fingerprint density at radius 1 is 1.27 bits per heavy atom. The van der Waals surface area contributed by atoms with Crippen LogP contribution in [0.15, 0.2) is 24.3 Å². The summed E-state index contributed by atoms with van der Waals surface area (Å²) in [6.45, 7) is 1.73. The fraction of sp³-hybridized carbons (Fsp3) is 0.455. The van der Waals surface area contributed by atoms with Gasteiger partial charge in [-0.25, -0.2) is 0 Å². The molecule has 0 fully saturated rings. The molecule has 2 aromatic rings. The lowest BCUT2D eigenvalue weighted by Crippen LogP contribution is -2.01. The predicted octanol–water partition coefficient (Wildman–Crippen LogP) is 0.887. The predicted molar refractivity (Wildman–Crippen MR) is 59.0 cm³/mol. The van der Waals surface area contributed by atoms with Crippen LogP contribution in [0, 0.1) is 0 Å². The first-order chi connectivity index (χ1) is 7.19. The Hall–Kier alpha value is -1.26. The van der Waals surface area contributed by atoms with Crippen molar-refractivity contribution in [2.45, 2.75) is 19.4 Å². The van der Waals surface area contributed by atoms with Crippen LogP contribution in [-0.2, 0) is 0 Å². The average molecular weight is 211 g/mol. The molecule has 0 aliphatic rings. The summed E-state index contributed by atoms with van der Waals surface area (Å²) in [6, 6.07) is 8.11.